The summed E-state index contributed by atoms with van der Waals surface area (Å²) in [6, 6.07) is 0. The van der Waals surface area contributed by atoms with Crippen LogP contribution in [0, 0.1) is 0 Å². The quantitative estimate of drug-likeness (QED) is 0.0346. The first kappa shape index (κ1) is 61.6. The summed E-state index contributed by atoms with van der Waals surface area (Å²) in [7, 11) is 0. The van der Waals surface area contributed by atoms with Crippen LogP contribution in [0.1, 0.15) is 278 Å². The van der Waals surface area contributed by atoms with E-state index in [4.69, 9.17) is 14.2 Å². The Morgan fingerprint density at radius 3 is 1.16 bits per heavy atom. The van der Waals surface area contributed by atoms with Crippen molar-refractivity contribution in [3.05, 3.63) is 60.8 Å². The summed E-state index contributed by atoms with van der Waals surface area (Å²) < 4.78 is 17.4. The molecule has 0 heterocycles. The molecule has 1 unspecified atom stereocenters. The second kappa shape index (κ2) is 54.9. The number of allylic oxidation sites excluding steroid dienone is 10. The first-order valence-electron chi connectivity index (χ1n) is 27.8. The zero-order valence-electron chi connectivity index (χ0n) is 42.8. The van der Waals surface area contributed by atoms with Crippen LogP contribution in [-0.2, 0) is 23.8 Å². The standard InChI is InChI=1S/C59H106O5/c1-4-7-10-13-16-19-22-25-27-28-29-30-31-33-36-39-42-45-48-51-54-62-55-57(64-59(61)53-50-47-44-41-38-34-24-21-18-15-12-9-6-3)56-63-58(60)52-49-46-43-40-37-35-32-26-23-20-17-14-11-8-5-2/h8,11,16-17,19-20,25-27,32,57H,4-7,9-10,12-15,18,21-24,28-31,33-56H2,1-3H3/b11-8-,19-16-,20-17-,27-25-,32-26-. The number of rotatable bonds is 51. The molecule has 0 radical (unpaired) electrons. The molecule has 372 valence electrons. The molecule has 64 heavy (non-hydrogen) atoms. The average molecular weight is 895 g/mol. The van der Waals surface area contributed by atoms with Gasteiger partial charge in [0.05, 0.1) is 6.61 Å². The highest BCUT2D eigenvalue weighted by atomic mass is 16.6. The number of ether oxygens (including phenoxy) is 3. The van der Waals surface area contributed by atoms with Gasteiger partial charge in [-0.2, -0.15) is 0 Å². The summed E-state index contributed by atoms with van der Waals surface area (Å²) in [4.78, 5) is 25.4. The first-order chi connectivity index (χ1) is 31.6. The number of carbonyl (C=O) groups excluding carboxylic acids is 2. The number of esters is 2. The molecule has 5 nitrogen and oxygen atoms in total. The summed E-state index contributed by atoms with van der Waals surface area (Å²) in [6.07, 6.45) is 69.5. The van der Waals surface area contributed by atoms with Gasteiger partial charge in [0.15, 0.2) is 6.10 Å². The highest BCUT2D eigenvalue weighted by Crippen LogP contribution is 2.15. The van der Waals surface area contributed by atoms with Gasteiger partial charge in [-0.3, -0.25) is 9.59 Å². The molecule has 0 aromatic heterocycles. The van der Waals surface area contributed by atoms with Crippen LogP contribution in [0.4, 0.5) is 0 Å². The van der Waals surface area contributed by atoms with Crippen molar-refractivity contribution in [1.29, 1.82) is 0 Å². The largest absolute Gasteiger partial charge is 0.462 e. The molecule has 5 heteroatoms. The molecule has 0 spiro atoms. The molecule has 0 fully saturated rings. The molecule has 0 aromatic carbocycles. The Balaban J connectivity index is 4.25. The lowest BCUT2D eigenvalue weighted by atomic mass is 10.0. The monoisotopic (exact) mass is 895 g/mol. The van der Waals surface area contributed by atoms with Gasteiger partial charge < -0.3 is 14.2 Å². The van der Waals surface area contributed by atoms with Crippen LogP contribution >= 0.6 is 0 Å². The summed E-state index contributed by atoms with van der Waals surface area (Å²) in [6.45, 7) is 7.70. The Morgan fingerprint density at radius 1 is 0.359 bits per heavy atom. The molecular formula is C59H106O5. The van der Waals surface area contributed by atoms with E-state index in [9.17, 15) is 9.59 Å². The topological polar surface area (TPSA) is 61.8 Å². The smallest absolute Gasteiger partial charge is 0.306 e. The van der Waals surface area contributed by atoms with Crippen LogP contribution in [0.5, 0.6) is 0 Å². The average Bonchev–Trinajstić information content (AvgIpc) is 3.30. The second-order valence-electron chi connectivity index (χ2n) is 18.5. The van der Waals surface area contributed by atoms with E-state index in [0.717, 1.165) is 77.0 Å². The predicted octanol–water partition coefficient (Wildman–Crippen LogP) is 18.9. The van der Waals surface area contributed by atoms with E-state index in [-0.39, 0.29) is 25.2 Å². The van der Waals surface area contributed by atoms with Crippen LogP contribution in [0.25, 0.3) is 0 Å². The maximum Gasteiger partial charge on any atom is 0.306 e. The van der Waals surface area contributed by atoms with E-state index >= 15 is 0 Å². The van der Waals surface area contributed by atoms with E-state index in [1.165, 1.54) is 167 Å². The maximum absolute atomic E-state index is 12.8. The molecule has 0 rings (SSSR count). The van der Waals surface area contributed by atoms with E-state index in [2.05, 4.69) is 81.5 Å². The van der Waals surface area contributed by atoms with Crippen molar-refractivity contribution in [2.45, 2.75) is 284 Å². The maximum atomic E-state index is 12.8. The minimum atomic E-state index is -0.543. The SMILES string of the molecule is CC/C=C\C/C=C\C/C=C\CCCCCCCC(=O)OCC(COCCCCCCCCCCCC/C=C\C/C=C\CCCCC)OC(=O)CCCCCCCCCCCCCCC. The molecule has 0 saturated heterocycles. The minimum Gasteiger partial charge on any atom is -0.462 e. The van der Waals surface area contributed by atoms with E-state index in [1.807, 2.05) is 0 Å². The third kappa shape index (κ3) is 52.2. The van der Waals surface area contributed by atoms with Crippen LogP contribution in [0.2, 0.25) is 0 Å². The second-order valence-corrected chi connectivity index (χ2v) is 18.5. The van der Waals surface area contributed by atoms with Gasteiger partial charge in [0, 0.05) is 19.4 Å². The fourth-order valence-corrected chi connectivity index (χ4v) is 7.91. The Labute approximate surface area is 398 Å². The van der Waals surface area contributed by atoms with Gasteiger partial charge in [-0.25, -0.2) is 0 Å². The molecule has 0 N–H and O–H groups in total. The lowest BCUT2D eigenvalue weighted by molar-refractivity contribution is -0.163. The fourth-order valence-electron chi connectivity index (χ4n) is 7.91. The van der Waals surface area contributed by atoms with Gasteiger partial charge in [-0.1, -0.05) is 242 Å². The van der Waals surface area contributed by atoms with Gasteiger partial charge in [-0.05, 0) is 83.5 Å². The first-order valence-corrected chi connectivity index (χ1v) is 27.8. The van der Waals surface area contributed by atoms with Gasteiger partial charge in [-0.15, -0.1) is 0 Å². The van der Waals surface area contributed by atoms with Crippen molar-refractivity contribution in [2.24, 2.45) is 0 Å². The molecule has 0 aromatic rings. The Bertz CT molecular complexity index is 1100. The Morgan fingerprint density at radius 2 is 0.703 bits per heavy atom. The number of carbonyl (C=O) groups is 2. The van der Waals surface area contributed by atoms with Gasteiger partial charge >= 0.3 is 11.9 Å². The van der Waals surface area contributed by atoms with E-state index < -0.39 is 6.10 Å². The third-order valence-electron chi connectivity index (χ3n) is 12.0. The van der Waals surface area contributed by atoms with Crippen LogP contribution in [0.15, 0.2) is 60.8 Å². The molecule has 0 aliphatic carbocycles. The number of hydrogen-bond donors (Lipinski definition) is 0. The van der Waals surface area contributed by atoms with Gasteiger partial charge in [0.2, 0.25) is 0 Å². The molecule has 0 amide bonds. The summed E-state index contributed by atoms with van der Waals surface area (Å²) >= 11 is 0. The van der Waals surface area contributed by atoms with Crippen LogP contribution in [-0.4, -0.2) is 37.9 Å². The lowest BCUT2D eigenvalue weighted by Gasteiger charge is -2.18. The van der Waals surface area contributed by atoms with Crippen LogP contribution < -0.4 is 0 Å². The summed E-state index contributed by atoms with van der Waals surface area (Å²) in [5.74, 6) is -0.407. The molecule has 0 aliphatic heterocycles. The third-order valence-corrected chi connectivity index (χ3v) is 12.0. The van der Waals surface area contributed by atoms with Crippen molar-refractivity contribution >= 4 is 11.9 Å². The number of hydrogen-bond acceptors (Lipinski definition) is 5. The Hall–Kier alpha value is -2.40. The molecule has 1 atom stereocenters. The van der Waals surface area contributed by atoms with Gasteiger partial charge in [0.1, 0.15) is 6.61 Å². The van der Waals surface area contributed by atoms with Crippen molar-refractivity contribution in [3.8, 4) is 0 Å². The van der Waals surface area contributed by atoms with E-state index in [1.54, 1.807) is 0 Å². The van der Waals surface area contributed by atoms with Crippen molar-refractivity contribution in [2.75, 3.05) is 19.8 Å². The normalized spacial score (nSPS) is 12.6. The summed E-state index contributed by atoms with van der Waals surface area (Å²) in [5, 5.41) is 0. The molecular weight excluding hydrogens is 789 g/mol. The van der Waals surface area contributed by atoms with E-state index in [0.29, 0.717) is 19.4 Å². The molecule has 0 saturated carbocycles. The van der Waals surface area contributed by atoms with Crippen molar-refractivity contribution < 1.29 is 23.8 Å². The predicted molar refractivity (Wildman–Crippen MR) is 279 cm³/mol. The zero-order valence-corrected chi connectivity index (χ0v) is 42.8. The highest BCUT2D eigenvalue weighted by Gasteiger charge is 2.17. The lowest BCUT2D eigenvalue weighted by Crippen LogP contribution is -2.30. The van der Waals surface area contributed by atoms with Crippen molar-refractivity contribution in [1.82, 2.24) is 0 Å². The fraction of sp³-hybridized carbons (Fsp3) is 0.797. The number of unbranched alkanes of at least 4 members (excludes halogenated alkanes) is 30. The molecule has 0 aliphatic rings. The molecule has 0 bridgehead atoms. The Kier molecular flexibility index (Phi) is 52.9. The minimum absolute atomic E-state index is 0.0771. The van der Waals surface area contributed by atoms with Crippen molar-refractivity contribution in [3.63, 3.8) is 0 Å². The zero-order chi connectivity index (χ0) is 46.3. The van der Waals surface area contributed by atoms with Gasteiger partial charge in [0.25, 0.3) is 0 Å². The summed E-state index contributed by atoms with van der Waals surface area (Å²) in [5.41, 5.74) is 0. The highest BCUT2D eigenvalue weighted by molar-refractivity contribution is 5.70. The van der Waals surface area contributed by atoms with Crippen LogP contribution in [0.3, 0.4) is 0 Å².